The first kappa shape index (κ1) is 13.7. The molecule has 0 heterocycles. The van der Waals surface area contributed by atoms with Crippen LogP contribution in [-0.4, -0.2) is 5.11 Å². The van der Waals surface area contributed by atoms with E-state index in [0.717, 1.165) is 0 Å². The summed E-state index contributed by atoms with van der Waals surface area (Å²) in [6.45, 7) is -0.128. The van der Waals surface area contributed by atoms with Gasteiger partial charge in [-0.1, -0.05) is 29.3 Å². The molecule has 3 nitrogen and oxygen atoms in total. The summed E-state index contributed by atoms with van der Waals surface area (Å²) in [7, 11) is 0. The Bertz CT molecular complexity index is 650. The Morgan fingerprint density at radius 2 is 1.84 bits per heavy atom. The summed E-state index contributed by atoms with van der Waals surface area (Å²) in [6.07, 6.45) is 0. The van der Waals surface area contributed by atoms with Crippen LogP contribution in [0.15, 0.2) is 36.4 Å². The van der Waals surface area contributed by atoms with Crippen molar-refractivity contribution < 1.29 is 9.84 Å². The molecule has 0 amide bonds. The minimum Gasteiger partial charge on any atom is -0.454 e. The van der Waals surface area contributed by atoms with E-state index in [1.54, 1.807) is 36.4 Å². The number of hydrogen-bond donors (Lipinski definition) is 1. The first-order valence-corrected chi connectivity index (χ1v) is 6.16. The number of ether oxygens (including phenoxy) is 1. The minimum absolute atomic E-state index is 0.128. The van der Waals surface area contributed by atoms with E-state index in [-0.39, 0.29) is 6.61 Å². The van der Waals surface area contributed by atoms with Crippen LogP contribution in [-0.2, 0) is 6.61 Å². The van der Waals surface area contributed by atoms with Crippen molar-refractivity contribution in [2.24, 2.45) is 0 Å². The molecule has 5 heteroatoms. The van der Waals surface area contributed by atoms with Gasteiger partial charge in [-0.25, -0.2) is 0 Å². The third-order valence-corrected chi connectivity index (χ3v) is 2.99. The summed E-state index contributed by atoms with van der Waals surface area (Å²) in [5.74, 6) is 0.795. The molecule has 96 valence electrons. The molecule has 19 heavy (non-hydrogen) atoms. The summed E-state index contributed by atoms with van der Waals surface area (Å²) in [5.41, 5.74) is 0.976. The number of nitrogens with zero attached hydrogens (tertiary/aromatic N) is 1. The molecular weight excluding hydrogens is 285 g/mol. The van der Waals surface area contributed by atoms with Crippen LogP contribution in [0.3, 0.4) is 0 Å². The van der Waals surface area contributed by atoms with Crippen molar-refractivity contribution in [1.82, 2.24) is 0 Å². The Balaban J connectivity index is 2.35. The highest BCUT2D eigenvalue weighted by atomic mass is 35.5. The Labute approximate surface area is 120 Å². The summed E-state index contributed by atoms with van der Waals surface area (Å²) in [4.78, 5) is 0. The van der Waals surface area contributed by atoms with Gasteiger partial charge in [0.05, 0.1) is 17.2 Å². The highest BCUT2D eigenvalue weighted by Crippen LogP contribution is 2.33. The average molecular weight is 294 g/mol. The van der Waals surface area contributed by atoms with Gasteiger partial charge in [0.2, 0.25) is 0 Å². The quantitative estimate of drug-likeness (QED) is 0.925. The maximum absolute atomic E-state index is 9.06. The van der Waals surface area contributed by atoms with Crippen LogP contribution in [0.1, 0.15) is 11.1 Å². The summed E-state index contributed by atoms with van der Waals surface area (Å²) in [5, 5.41) is 19.0. The second-order valence-corrected chi connectivity index (χ2v) is 4.62. The topological polar surface area (TPSA) is 53.2 Å². The molecule has 1 N–H and O–H groups in total. The monoisotopic (exact) mass is 293 g/mol. The van der Waals surface area contributed by atoms with E-state index in [0.29, 0.717) is 32.7 Å². The summed E-state index contributed by atoms with van der Waals surface area (Å²) in [6, 6.07) is 11.7. The van der Waals surface area contributed by atoms with Crippen LogP contribution in [0, 0.1) is 11.3 Å². The second-order valence-electron chi connectivity index (χ2n) is 3.78. The van der Waals surface area contributed by atoms with Crippen LogP contribution in [0.2, 0.25) is 10.0 Å². The summed E-state index contributed by atoms with van der Waals surface area (Å²) >= 11 is 11.8. The van der Waals surface area contributed by atoms with Crippen molar-refractivity contribution in [2.75, 3.05) is 0 Å². The molecule has 0 fully saturated rings. The van der Waals surface area contributed by atoms with Crippen LogP contribution in [0.5, 0.6) is 11.5 Å². The second kappa shape index (κ2) is 5.94. The number of rotatable bonds is 3. The van der Waals surface area contributed by atoms with Gasteiger partial charge in [-0.15, -0.1) is 0 Å². The van der Waals surface area contributed by atoms with Gasteiger partial charge in [0, 0.05) is 5.02 Å². The molecule has 2 aromatic rings. The zero-order valence-electron chi connectivity index (χ0n) is 9.73. The molecule has 2 rings (SSSR count). The predicted molar refractivity (Wildman–Crippen MR) is 73.6 cm³/mol. The third kappa shape index (κ3) is 3.18. The predicted octanol–water partition coefficient (Wildman–Crippen LogP) is 4.15. The van der Waals surface area contributed by atoms with Crippen molar-refractivity contribution >= 4 is 23.2 Å². The fraction of sp³-hybridized carbons (Fsp3) is 0.0714. The first-order valence-electron chi connectivity index (χ1n) is 5.41. The lowest BCUT2D eigenvalue weighted by molar-refractivity contribution is 0.281. The number of benzene rings is 2. The van der Waals surface area contributed by atoms with E-state index in [9.17, 15) is 0 Å². The van der Waals surface area contributed by atoms with Gasteiger partial charge in [-0.3, -0.25) is 0 Å². The molecule has 0 atom stereocenters. The third-order valence-electron chi connectivity index (χ3n) is 2.46. The maximum Gasteiger partial charge on any atom is 0.146 e. The highest BCUT2D eigenvalue weighted by molar-refractivity contribution is 6.35. The smallest absolute Gasteiger partial charge is 0.146 e. The standard InChI is InChI=1S/C14H9Cl2NO2/c15-11-2-4-14(12(16)6-11)19-13-3-1-9(8-18)5-10(13)7-17/h1-6,18H,8H2. The van der Waals surface area contributed by atoms with Crippen LogP contribution >= 0.6 is 23.2 Å². The molecule has 0 radical (unpaired) electrons. The van der Waals surface area contributed by atoms with E-state index in [1.807, 2.05) is 6.07 Å². The molecule has 0 aliphatic carbocycles. The molecular formula is C14H9Cl2NO2. The van der Waals surface area contributed by atoms with Crippen LogP contribution in [0.25, 0.3) is 0 Å². The molecule has 2 aromatic carbocycles. The largest absolute Gasteiger partial charge is 0.454 e. The lowest BCUT2D eigenvalue weighted by Gasteiger charge is -2.10. The van der Waals surface area contributed by atoms with Crippen LogP contribution < -0.4 is 4.74 Å². The molecule has 0 aliphatic rings. The first-order chi connectivity index (χ1) is 9.13. The number of halogens is 2. The van der Waals surface area contributed by atoms with Crippen molar-refractivity contribution in [3.05, 3.63) is 57.6 Å². The van der Waals surface area contributed by atoms with Crippen molar-refractivity contribution in [3.8, 4) is 17.6 Å². The molecule has 0 aliphatic heterocycles. The van der Waals surface area contributed by atoms with Gasteiger partial charge >= 0.3 is 0 Å². The van der Waals surface area contributed by atoms with Gasteiger partial charge in [0.25, 0.3) is 0 Å². The minimum atomic E-state index is -0.128. The molecule has 0 spiro atoms. The SMILES string of the molecule is N#Cc1cc(CO)ccc1Oc1ccc(Cl)cc1Cl. The zero-order valence-corrected chi connectivity index (χ0v) is 11.2. The van der Waals surface area contributed by atoms with E-state index >= 15 is 0 Å². The van der Waals surface area contributed by atoms with E-state index in [2.05, 4.69) is 0 Å². The molecule has 0 saturated carbocycles. The molecule has 0 aromatic heterocycles. The lowest BCUT2D eigenvalue weighted by Crippen LogP contribution is -1.91. The van der Waals surface area contributed by atoms with Crippen LogP contribution in [0.4, 0.5) is 0 Å². The maximum atomic E-state index is 9.06. The molecule has 0 unspecified atom stereocenters. The Morgan fingerprint density at radius 3 is 2.47 bits per heavy atom. The lowest BCUT2D eigenvalue weighted by atomic mass is 10.1. The van der Waals surface area contributed by atoms with Gasteiger partial charge in [-0.2, -0.15) is 5.26 Å². The number of hydrogen-bond acceptors (Lipinski definition) is 3. The number of nitriles is 1. The van der Waals surface area contributed by atoms with Gasteiger partial charge in [-0.05, 0) is 35.9 Å². The van der Waals surface area contributed by atoms with Gasteiger partial charge in [0.1, 0.15) is 17.6 Å². The average Bonchev–Trinajstić information content (AvgIpc) is 2.42. The van der Waals surface area contributed by atoms with E-state index in [4.69, 9.17) is 38.3 Å². The normalized spacial score (nSPS) is 10.0. The van der Waals surface area contributed by atoms with Gasteiger partial charge in [0.15, 0.2) is 0 Å². The fourth-order valence-corrected chi connectivity index (χ4v) is 1.98. The van der Waals surface area contributed by atoms with Gasteiger partial charge < -0.3 is 9.84 Å². The van der Waals surface area contributed by atoms with Crippen molar-refractivity contribution in [3.63, 3.8) is 0 Å². The Morgan fingerprint density at radius 1 is 1.11 bits per heavy atom. The summed E-state index contributed by atoms with van der Waals surface area (Å²) < 4.78 is 5.59. The van der Waals surface area contributed by atoms with E-state index < -0.39 is 0 Å². The molecule has 0 bridgehead atoms. The Kier molecular flexibility index (Phi) is 4.28. The fourth-order valence-electron chi connectivity index (χ4n) is 1.53. The van der Waals surface area contributed by atoms with Crippen molar-refractivity contribution in [1.29, 1.82) is 5.26 Å². The molecule has 0 saturated heterocycles. The number of aliphatic hydroxyl groups excluding tert-OH is 1. The zero-order chi connectivity index (χ0) is 13.8. The number of aliphatic hydroxyl groups is 1. The van der Waals surface area contributed by atoms with E-state index in [1.165, 1.54) is 0 Å². The van der Waals surface area contributed by atoms with Crippen molar-refractivity contribution in [2.45, 2.75) is 6.61 Å². The Hall–Kier alpha value is -1.73. The highest BCUT2D eigenvalue weighted by Gasteiger charge is 2.09.